The molecule has 0 radical (unpaired) electrons. The molecule has 3 heteroatoms. The third-order valence-electron chi connectivity index (χ3n) is 1.22. The van der Waals surface area contributed by atoms with Crippen molar-refractivity contribution in [3.63, 3.8) is 0 Å². The molecule has 1 nitrogen and oxygen atoms in total. The minimum absolute atomic E-state index is 0.185. The summed E-state index contributed by atoms with van der Waals surface area (Å²) in [5.41, 5.74) is 0.185. The largest absolute Gasteiger partial charge is 0.233 e. The van der Waals surface area contributed by atoms with Crippen LogP contribution < -0.4 is 0 Å². The number of rotatable bonds is 0. The summed E-state index contributed by atoms with van der Waals surface area (Å²) in [6.07, 6.45) is 1.84. The molecule has 1 aromatic rings. The summed E-state index contributed by atoms with van der Waals surface area (Å²) < 4.78 is 0.630. The fourth-order valence-electron chi connectivity index (χ4n) is 0.600. The van der Waals surface area contributed by atoms with Gasteiger partial charge in [-0.1, -0.05) is 32.4 Å². The first-order valence-corrected chi connectivity index (χ1v) is 4.31. The summed E-state index contributed by atoms with van der Waals surface area (Å²) in [5, 5.41) is 0. The average molecular weight is 176 g/mol. The predicted molar refractivity (Wildman–Crippen MR) is 45.8 cm³/mol. The van der Waals surface area contributed by atoms with Gasteiger partial charge in [-0.05, 0) is 5.41 Å². The molecule has 0 unspecified atom stereocenters. The van der Waals surface area contributed by atoms with Gasteiger partial charge in [0.25, 0.3) is 0 Å². The lowest BCUT2D eigenvalue weighted by Crippen LogP contribution is -2.07. The first-order chi connectivity index (χ1) is 4.50. The van der Waals surface area contributed by atoms with E-state index in [1.54, 1.807) is 11.3 Å². The number of halogens is 1. The Kier molecular flexibility index (Phi) is 2.02. The molecule has 56 valence electrons. The Balaban J connectivity index is 2.96. The molecule has 0 aliphatic heterocycles. The summed E-state index contributed by atoms with van der Waals surface area (Å²) in [6, 6.07) is 0. The molecule has 0 N–H and O–H groups in total. The van der Waals surface area contributed by atoms with Crippen LogP contribution in [0.2, 0.25) is 4.47 Å². The lowest BCUT2D eigenvalue weighted by atomic mass is 9.96. The normalized spacial score (nSPS) is 12.0. The van der Waals surface area contributed by atoms with Crippen molar-refractivity contribution in [2.45, 2.75) is 26.2 Å². The molecule has 1 rings (SSSR count). The minimum Gasteiger partial charge on any atom is -0.233 e. The summed E-state index contributed by atoms with van der Waals surface area (Å²) in [4.78, 5) is 5.20. The topological polar surface area (TPSA) is 12.9 Å². The number of hydrogen-bond donors (Lipinski definition) is 0. The van der Waals surface area contributed by atoms with Crippen LogP contribution in [0.15, 0.2) is 6.20 Å². The van der Waals surface area contributed by atoms with Crippen LogP contribution >= 0.6 is 22.9 Å². The molecule has 0 aliphatic rings. The van der Waals surface area contributed by atoms with Crippen LogP contribution in [-0.2, 0) is 5.41 Å². The molecule has 0 amide bonds. The van der Waals surface area contributed by atoms with E-state index in [0.717, 1.165) is 0 Å². The van der Waals surface area contributed by atoms with E-state index in [1.807, 2.05) is 6.20 Å². The van der Waals surface area contributed by atoms with Gasteiger partial charge in [-0.15, -0.1) is 11.3 Å². The van der Waals surface area contributed by atoms with Crippen LogP contribution in [0.1, 0.15) is 25.6 Å². The molecule has 0 atom stereocenters. The average Bonchev–Trinajstić information content (AvgIpc) is 2.11. The van der Waals surface area contributed by atoms with Crippen molar-refractivity contribution < 1.29 is 0 Å². The first-order valence-electron chi connectivity index (χ1n) is 3.12. The Morgan fingerprint density at radius 1 is 1.50 bits per heavy atom. The second kappa shape index (κ2) is 2.51. The standard InChI is InChI=1S/C7H10ClNS/c1-7(2,3)5-4-9-6(8)10-5/h4H,1-3H3. The minimum atomic E-state index is 0.185. The van der Waals surface area contributed by atoms with Gasteiger partial charge in [0.05, 0.1) is 0 Å². The molecular weight excluding hydrogens is 166 g/mol. The molecule has 0 aromatic carbocycles. The van der Waals surface area contributed by atoms with Gasteiger partial charge in [0.15, 0.2) is 4.47 Å². The summed E-state index contributed by atoms with van der Waals surface area (Å²) >= 11 is 7.22. The van der Waals surface area contributed by atoms with Crippen LogP contribution in [0.25, 0.3) is 0 Å². The Hall–Kier alpha value is -0.0800. The number of hydrogen-bond acceptors (Lipinski definition) is 2. The lowest BCUT2D eigenvalue weighted by molar-refractivity contribution is 0.602. The number of thiazole rings is 1. The summed E-state index contributed by atoms with van der Waals surface area (Å²) in [7, 11) is 0. The Morgan fingerprint density at radius 3 is 2.30 bits per heavy atom. The Labute approximate surface area is 70.1 Å². The monoisotopic (exact) mass is 175 g/mol. The van der Waals surface area contributed by atoms with E-state index in [2.05, 4.69) is 25.8 Å². The van der Waals surface area contributed by atoms with Crippen LogP contribution in [0.5, 0.6) is 0 Å². The van der Waals surface area contributed by atoms with Crippen molar-refractivity contribution in [3.8, 4) is 0 Å². The van der Waals surface area contributed by atoms with Gasteiger partial charge >= 0.3 is 0 Å². The lowest BCUT2D eigenvalue weighted by Gasteiger charge is -2.13. The summed E-state index contributed by atoms with van der Waals surface area (Å²) in [5.74, 6) is 0. The highest BCUT2D eigenvalue weighted by molar-refractivity contribution is 7.15. The smallest absolute Gasteiger partial charge is 0.183 e. The zero-order valence-electron chi connectivity index (χ0n) is 6.31. The zero-order chi connectivity index (χ0) is 7.78. The molecule has 0 saturated carbocycles. The molecule has 10 heavy (non-hydrogen) atoms. The van der Waals surface area contributed by atoms with Gasteiger partial charge in [0.1, 0.15) is 0 Å². The van der Waals surface area contributed by atoms with E-state index in [-0.39, 0.29) is 5.41 Å². The molecule has 1 heterocycles. The van der Waals surface area contributed by atoms with Crippen molar-refractivity contribution in [1.29, 1.82) is 0 Å². The zero-order valence-corrected chi connectivity index (χ0v) is 7.88. The fraction of sp³-hybridized carbons (Fsp3) is 0.571. The fourth-order valence-corrected chi connectivity index (χ4v) is 1.60. The summed E-state index contributed by atoms with van der Waals surface area (Å²) in [6.45, 7) is 6.45. The quantitative estimate of drug-likeness (QED) is 0.591. The van der Waals surface area contributed by atoms with Crippen molar-refractivity contribution >= 4 is 22.9 Å². The third kappa shape index (κ3) is 1.70. The van der Waals surface area contributed by atoms with Gasteiger partial charge in [-0.2, -0.15) is 0 Å². The highest BCUT2D eigenvalue weighted by atomic mass is 35.5. The molecule has 1 aromatic heterocycles. The van der Waals surface area contributed by atoms with Crippen LogP contribution in [0, 0.1) is 0 Å². The second-order valence-corrected chi connectivity index (χ2v) is 4.84. The molecule has 0 aliphatic carbocycles. The Morgan fingerprint density at radius 2 is 2.10 bits per heavy atom. The maximum atomic E-state index is 5.67. The SMILES string of the molecule is CC(C)(C)c1cnc(Cl)s1. The van der Waals surface area contributed by atoms with E-state index in [1.165, 1.54) is 4.88 Å². The Bertz CT molecular complexity index is 224. The van der Waals surface area contributed by atoms with E-state index in [0.29, 0.717) is 4.47 Å². The van der Waals surface area contributed by atoms with Crippen molar-refractivity contribution in [3.05, 3.63) is 15.5 Å². The second-order valence-electron chi connectivity index (χ2n) is 3.23. The van der Waals surface area contributed by atoms with Gasteiger partial charge in [0, 0.05) is 11.1 Å². The third-order valence-corrected chi connectivity index (χ3v) is 2.76. The van der Waals surface area contributed by atoms with Gasteiger partial charge < -0.3 is 0 Å². The van der Waals surface area contributed by atoms with E-state index >= 15 is 0 Å². The van der Waals surface area contributed by atoms with Gasteiger partial charge in [-0.25, -0.2) is 4.98 Å². The molecule has 0 bridgehead atoms. The van der Waals surface area contributed by atoms with Crippen molar-refractivity contribution in [1.82, 2.24) is 4.98 Å². The molecule has 0 spiro atoms. The molecular formula is C7H10ClNS. The van der Waals surface area contributed by atoms with Gasteiger partial charge in [-0.3, -0.25) is 0 Å². The van der Waals surface area contributed by atoms with Crippen molar-refractivity contribution in [2.24, 2.45) is 0 Å². The first kappa shape index (κ1) is 8.02. The maximum absolute atomic E-state index is 5.67. The highest BCUT2D eigenvalue weighted by Gasteiger charge is 2.16. The van der Waals surface area contributed by atoms with Crippen LogP contribution in [0.4, 0.5) is 0 Å². The van der Waals surface area contributed by atoms with Crippen LogP contribution in [-0.4, -0.2) is 4.98 Å². The predicted octanol–water partition coefficient (Wildman–Crippen LogP) is 3.09. The molecule has 0 fully saturated rings. The van der Waals surface area contributed by atoms with Gasteiger partial charge in [0.2, 0.25) is 0 Å². The van der Waals surface area contributed by atoms with E-state index in [4.69, 9.17) is 11.6 Å². The van der Waals surface area contributed by atoms with E-state index < -0.39 is 0 Å². The molecule has 0 saturated heterocycles. The van der Waals surface area contributed by atoms with Crippen LogP contribution in [0.3, 0.4) is 0 Å². The van der Waals surface area contributed by atoms with Crippen molar-refractivity contribution in [2.75, 3.05) is 0 Å². The number of nitrogens with zero attached hydrogens (tertiary/aromatic N) is 1. The van der Waals surface area contributed by atoms with E-state index in [9.17, 15) is 0 Å². The number of aromatic nitrogens is 1. The maximum Gasteiger partial charge on any atom is 0.183 e. The highest BCUT2D eigenvalue weighted by Crippen LogP contribution is 2.29.